The van der Waals surface area contributed by atoms with Crippen LogP contribution in [0, 0.1) is 13.8 Å². The van der Waals surface area contributed by atoms with Crippen molar-refractivity contribution >= 4 is 23.2 Å². The molecular formula is C16H14ClN5O. The van der Waals surface area contributed by atoms with E-state index in [1.165, 1.54) is 6.20 Å². The monoisotopic (exact) mass is 327 g/mol. The fourth-order valence-electron chi connectivity index (χ4n) is 2.20. The maximum absolute atomic E-state index is 12.6. The maximum atomic E-state index is 12.6. The average molecular weight is 328 g/mol. The predicted octanol–water partition coefficient (Wildman–Crippen LogP) is 3.18. The van der Waals surface area contributed by atoms with Gasteiger partial charge in [0.25, 0.3) is 5.91 Å². The lowest BCUT2D eigenvalue weighted by Gasteiger charge is -2.12. The van der Waals surface area contributed by atoms with Gasteiger partial charge in [-0.05, 0) is 25.0 Å². The van der Waals surface area contributed by atoms with Crippen molar-refractivity contribution in [2.24, 2.45) is 0 Å². The van der Waals surface area contributed by atoms with E-state index in [4.69, 9.17) is 11.6 Å². The van der Waals surface area contributed by atoms with Crippen molar-refractivity contribution in [3.8, 4) is 5.95 Å². The molecule has 0 fully saturated rings. The molecule has 3 aromatic rings. The molecule has 116 valence electrons. The van der Waals surface area contributed by atoms with Crippen molar-refractivity contribution in [1.29, 1.82) is 0 Å². The highest BCUT2D eigenvalue weighted by Crippen LogP contribution is 2.22. The molecule has 0 aliphatic carbocycles. The summed E-state index contributed by atoms with van der Waals surface area (Å²) in [6.07, 6.45) is 6.25. The minimum Gasteiger partial charge on any atom is -0.320 e. The van der Waals surface area contributed by atoms with E-state index in [1.807, 2.05) is 32.0 Å². The number of hydrogen-bond acceptors (Lipinski definition) is 4. The summed E-state index contributed by atoms with van der Waals surface area (Å²) >= 11 is 6.09. The number of amides is 1. The van der Waals surface area contributed by atoms with E-state index >= 15 is 0 Å². The second-order valence-corrected chi connectivity index (χ2v) is 5.46. The SMILES string of the molecule is Cc1cccc(C)c1NC(=O)c1nc(-n2ccnc2)ncc1Cl. The van der Waals surface area contributed by atoms with Crippen molar-refractivity contribution in [3.63, 3.8) is 0 Å². The van der Waals surface area contributed by atoms with Crippen LogP contribution in [0.25, 0.3) is 5.95 Å². The third-order valence-electron chi connectivity index (χ3n) is 3.40. The van der Waals surface area contributed by atoms with Crippen molar-refractivity contribution in [2.45, 2.75) is 13.8 Å². The van der Waals surface area contributed by atoms with Crippen LogP contribution < -0.4 is 5.32 Å². The van der Waals surface area contributed by atoms with Gasteiger partial charge in [-0.2, -0.15) is 0 Å². The summed E-state index contributed by atoms with van der Waals surface area (Å²) in [4.78, 5) is 24.8. The number of rotatable bonds is 3. The molecule has 0 unspecified atom stereocenters. The van der Waals surface area contributed by atoms with Crippen LogP contribution >= 0.6 is 11.6 Å². The molecule has 3 rings (SSSR count). The molecule has 2 heterocycles. The Morgan fingerprint density at radius 3 is 2.65 bits per heavy atom. The first kappa shape index (κ1) is 15.2. The number of halogens is 1. The molecule has 0 saturated heterocycles. The van der Waals surface area contributed by atoms with Crippen LogP contribution in [0.1, 0.15) is 21.6 Å². The summed E-state index contributed by atoms with van der Waals surface area (Å²) in [5.74, 6) is -0.0466. The summed E-state index contributed by atoms with van der Waals surface area (Å²) in [5.41, 5.74) is 2.82. The molecule has 0 aliphatic rings. The van der Waals surface area contributed by atoms with Crippen LogP contribution in [0.3, 0.4) is 0 Å². The Kier molecular flexibility index (Phi) is 4.08. The highest BCUT2D eigenvalue weighted by molar-refractivity contribution is 6.34. The Hall–Kier alpha value is -2.73. The van der Waals surface area contributed by atoms with Gasteiger partial charge in [-0.15, -0.1) is 0 Å². The van der Waals surface area contributed by atoms with Gasteiger partial charge in [-0.3, -0.25) is 9.36 Å². The lowest BCUT2D eigenvalue weighted by atomic mass is 10.1. The topological polar surface area (TPSA) is 72.7 Å². The number of anilines is 1. The fourth-order valence-corrected chi connectivity index (χ4v) is 2.38. The Bertz CT molecular complexity index is 841. The molecule has 1 amide bonds. The van der Waals surface area contributed by atoms with Crippen molar-refractivity contribution in [2.75, 3.05) is 5.32 Å². The van der Waals surface area contributed by atoms with Crippen LogP contribution in [0.2, 0.25) is 5.02 Å². The molecule has 23 heavy (non-hydrogen) atoms. The highest BCUT2D eigenvalue weighted by Gasteiger charge is 2.16. The van der Waals surface area contributed by atoms with Crippen molar-refractivity contribution in [3.05, 3.63) is 65.0 Å². The third-order valence-corrected chi connectivity index (χ3v) is 3.68. The highest BCUT2D eigenvalue weighted by atomic mass is 35.5. The van der Waals surface area contributed by atoms with Gasteiger partial charge in [0.2, 0.25) is 5.95 Å². The van der Waals surface area contributed by atoms with Gasteiger partial charge in [0.05, 0.1) is 11.2 Å². The standard InChI is InChI=1S/C16H14ClN5O/c1-10-4-3-5-11(2)13(10)20-15(23)14-12(17)8-19-16(21-14)22-7-6-18-9-22/h3-9H,1-2H3,(H,20,23). The van der Waals surface area contributed by atoms with E-state index in [9.17, 15) is 4.79 Å². The Morgan fingerprint density at radius 1 is 1.26 bits per heavy atom. The van der Waals surface area contributed by atoms with Gasteiger partial charge in [0.1, 0.15) is 6.33 Å². The van der Waals surface area contributed by atoms with Crippen LogP contribution in [0.15, 0.2) is 43.1 Å². The van der Waals surface area contributed by atoms with Gasteiger partial charge in [-0.25, -0.2) is 15.0 Å². The number of para-hydroxylation sites is 1. The Balaban J connectivity index is 1.95. The number of nitrogens with zero attached hydrogens (tertiary/aromatic N) is 4. The number of carbonyl (C=O) groups is 1. The predicted molar refractivity (Wildman–Crippen MR) is 88.0 cm³/mol. The normalized spacial score (nSPS) is 10.6. The van der Waals surface area contributed by atoms with Crippen LogP contribution in [-0.4, -0.2) is 25.4 Å². The summed E-state index contributed by atoms with van der Waals surface area (Å²) in [6.45, 7) is 3.86. The van der Waals surface area contributed by atoms with Gasteiger partial charge >= 0.3 is 0 Å². The Labute approximate surface area is 138 Å². The molecule has 0 bridgehead atoms. The lowest BCUT2D eigenvalue weighted by molar-refractivity contribution is 0.102. The first-order valence-corrected chi connectivity index (χ1v) is 7.32. The minimum absolute atomic E-state index is 0.119. The van der Waals surface area contributed by atoms with Crippen LogP contribution in [0.4, 0.5) is 5.69 Å². The molecule has 0 radical (unpaired) electrons. The van der Waals surface area contributed by atoms with Crippen molar-refractivity contribution < 1.29 is 4.79 Å². The minimum atomic E-state index is -0.379. The van der Waals surface area contributed by atoms with E-state index in [0.29, 0.717) is 5.95 Å². The first-order valence-electron chi connectivity index (χ1n) is 6.94. The summed E-state index contributed by atoms with van der Waals surface area (Å²) in [7, 11) is 0. The number of aromatic nitrogens is 4. The fraction of sp³-hybridized carbons (Fsp3) is 0.125. The zero-order valence-electron chi connectivity index (χ0n) is 12.6. The first-order chi connectivity index (χ1) is 11.1. The molecule has 0 atom stereocenters. The number of carbonyl (C=O) groups excluding carboxylic acids is 1. The molecule has 6 nitrogen and oxygen atoms in total. The van der Waals surface area contributed by atoms with E-state index in [2.05, 4.69) is 20.3 Å². The average Bonchev–Trinajstić information content (AvgIpc) is 3.06. The smallest absolute Gasteiger partial charge is 0.276 e. The second kappa shape index (κ2) is 6.18. The lowest BCUT2D eigenvalue weighted by Crippen LogP contribution is -2.17. The molecule has 7 heteroatoms. The molecule has 2 aromatic heterocycles. The zero-order chi connectivity index (χ0) is 16.4. The largest absolute Gasteiger partial charge is 0.320 e. The third kappa shape index (κ3) is 3.07. The zero-order valence-corrected chi connectivity index (χ0v) is 13.4. The molecule has 0 spiro atoms. The van der Waals surface area contributed by atoms with E-state index in [-0.39, 0.29) is 16.6 Å². The van der Waals surface area contributed by atoms with Gasteiger partial charge < -0.3 is 5.32 Å². The number of imidazole rings is 1. The molecule has 0 aliphatic heterocycles. The van der Waals surface area contributed by atoms with E-state index < -0.39 is 0 Å². The molecule has 0 saturated carbocycles. The van der Waals surface area contributed by atoms with Crippen molar-refractivity contribution in [1.82, 2.24) is 19.5 Å². The summed E-state index contributed by atoms with van der Waals surface area (Å²) in [6, 6.07) is 5.80. The number of aryl methyl sites for hydroxylation is 2. The van der Waals surface area contributed by atoms with Gasteiger partial charge in [0.15, 0.2) is 5.69 Å². The molecule has 1 N–H and O–H groups in total. The van der Waals surface area contributed by atoms with E-state index in [1.54, 1.807) is 23.3 Å². The summed E-state index contributed by atoms with van der Waals surface area (Å²) in [5, 5.41) is 3.06. The molecule has 1 aromatic carbocycles. The quantitative estimate of drug-likeness (QED) is 0.802. The maximum Gasteiger partial charge on any atom is 0.276 e. The van der Waals surface area contributed by atoms with Gasteiger partial charge in [0, 0.05) is 18.1 Å². The Morgan fingerprint density at radius 2 is 2.00 bits per heavy atom. The molecular weight excluding hydrogens is 314 g/mol. The van der Waals surface area contributed by atoms with Crippen LogP contribution in [-0.2, 0) is 0 Å². The number of nitrogens with one attached hydrogen (secondary N) is 1. The summed E-state index contributed by atoms with van der Waals surface area (Å²) < 4.78 is 1.60. The van der Waals surface area contributed by atoms with Crippen LogP contribution in [0.5, 0.6) is 0 Å². The number of hydrogen-bond donors (Lipinski definition) is 1. The second-order valence-electron chi connectivity index (χ2n) is 5.06. The number of benzene rings is 1. The van der Waals surface area contributed by atoms with E-state index in [0.717, 1.165) is 16.8 Å². The van der Waals surface area contributed by atoms with Gasteiger partial charge in [-0.1, -0.05) is 29.8 Å².